The number of hydrogen-bond acceptors (Lipinski definition) is 6. The lowest BCUT2D eigenvalue weighted by Crippen LogP contribution is -2.43. The molecule has 1 aliphatic heterocycles. The van der Waals surface area contributed by atoms with Crippen LogP contribution in [0, 0.1) is 0 Å². The highest BCUT2D eigenvalue weighted by molar-refractivity contribution is 7.91. The van der Waals surface area contributed by atoms with Crippen LogP contribution in [0.2, 0.25) is 0 Å². The van der Waals surface area contributed by atoms with Gasteiger partial charge in [-0.15, -0.1) is 11.3 Å². The first-order valence-electron chi connectivity index (χ1n) is 7.34. The van der Waals surface area contributed by atoms with E-state index in [9.17, 15) is 18.0 Å². The summed E-state index contributed by atoms with van der Waals surface area (Å²) in [5, 5.41) is 1.78. The largest absolute Gasteiger partial charge is 0.337 e. The first-order valence-corrected chi connectivity index (χ1v) is 10.0. The SMILES string of the molecule is CCN(C(=O)Cn1cnc2ccsc2c1=O)C1CCS(=O)(=O)C1. The van der Waals surface area contributed by atoms with Crippen LogP contribution >= 0.6 is 11.3 Å². The number of carbonyl (C=O) groups excluding carboxylic acids is 1. The van der Waals surface area contributed by atoms with Gasteiger partial charge in [-0.1, -0.05) is 0 Å². The third kappa shape index (κ3) is 3.16. The maximum atomic E-state index is 12.5. The quantitative estimate of drug-likeness (QED) is 0.796. The monoisotopic (exact) mass is 355 g/mol. The van der Waals surface area contributed by atoms with Gasteiger partial charge >= 0.3 is 0 Å². The molecule has 2 aromatic heterocycles. The lowest BCUT2D eigenvalue weighted by atomic mass is 10.2. The number of aromatic nitrogens is 2. The second-order valence-electron chi connectivity index (χ2n) is 5.55. The summed E-state index contributed by atoms with van der Waals surface area (Å²) in [6, 6.07) is 1.46. The third-order valence-corrected chi connectivity index (χ3v) is 6.69. The van der Waals surface area contributed by atoms with Crippen molar-refractivity contribution >= 4 is 37.3 Å². The number of fused-ring (bicyclic) bond motifs is 1. The van der Waals surface area contributed by atoms with Gasteiger partial charge in [-0.3, -0.25) is 14.2 Å². The summed E-state index contributed by atoms with van der Waals surface area (Å²) in [4.78, 5) is 30.6. The number of hydrogen-bond donors (Lipinski definition) is 0. The van der Waals surface area contributed by atoms with Gasteiger partial charge in [0.2, 0.25) is 5.91 Å². The molecule has 1 aliphatic rings. The Hall–Kier alpha value is -1.74. The van der Waals surface area contributed by atoms with Gasteiger partial charge in [0.25, 0.3) is 5.56 Å². The molecule has 1 fully saturated rings. The first kappa shape index (κ1) is 16.1. The third-order valence-electron chi connectivity index (χ3n) is 4.05. The maximum Gasteiger partial charge on any atom is 0.271 e. The van der Waals surface area contributed by atoms with Crippen LogP contribution in [0.3, 0.4) is 0 Å². The molecule has 0 spiro atoms. The fraction of sp³-hybridized carbons (Fsp3) is 0.500. The van der Waals surface area contributed by atoms with Crippen LogP contribution in [0.5, 0.6) is 0 Å². The van der Waals surface area contributed by atoms with Gasteiger partial charge in [0.1, 0.15) is 11.2 Å². The lowest BCUT2D eigenvalue weighted by Gasteiger charge is -2.27. The molecule has 0 saturated carbocycles. The van der Waals surface area contributed by atoms with Gasteiger partial charge in [0.05, 0.1) is 23.3 Å². The Labute approximate surface area is 137 Å². The minimum absolute atomic E-state index is 0.00366. The van der Waals surface area contributed by atoms with E-state index in [1.807, 2.05) is 6.92 Å². The van der Waals surface area contributed by atoms with E-state index >= 15 is 0 Å². The summed E-state index contributed by atoms with van der Waals surface area (Å²) in [5.41, 5.74) is 0.381. The van der Waals surface area contributed by atoms with E-state index in [2.05, 4.69) is 4.98 Å². The Kier molecular flexibility index (Phi) is 4.24. The van der Waals surface area contributed by atoms with Crippen molar-refractivity contribution in [2.45, 2.75) is 25.9 Å². The van der Waals surface area contributed by atoms with Crippen molar-refractivity contribution in [1.82, 2.24) is 14.5 Å². The standard InChI is InChI=1S/C14H17N3O4S2/c1-2-17(10-4-6-23(20,21)8-10)12(18)7-16-9-15-11-3-5-22-13(11)14(16)19/h3,5,9-10H,2,4,6-8H2,1H3. The Morgan fingerprint density at radius 2 is 2.30 bits per heavy atom. The Morgan fingerprint density at radius 1 is 1.52 bits per heavy atom. The van der Waals surface area contributed by atoms with Crippen molar-refractivity contribution in [3.05, 3.63) is 28.1 Å². The normalized spacial score (nSPS) is 20.0. The Morgan fingerprint density at radius 3 is 2.96 bits per heavy atom. The molecular formula is C14H17N3O4S2. The van der Waals surface area contributed by atoms with Crippen molar-refractivity contribution < 1.29 is 13.2 Å². The van der Waals surface area contributed by atoms with Crippen LogP contribution in [0.1, 0.15) is 13.3 Å². The van der Waals surface area contributed by atoms with Gasteiger partial charge in [-0.2, -0.15) is 0 Å². The molecule has 0 aliphatic carbocycles. The predicted molar refractivity (Wildman–Crippen MR) is 88.3 cm³/mol. The smallest absolute Gasteiger partial charge is 0.271 e. The second-order valence-corrected chi connectivity index (χ2v) is 8.69. The molecule has 1 atom stereocenters. The number of likely N-dealkylation sites (N-methyl/N-ethyl adjacent to an activating group) is 1. The first-order chi connectivity index (χ1) is 10.9. The molecule has 0 N–H and O–H groups in total. The molecule has 9 heteroatoms. The van der Waals surface area contributed by atoms with E-state index < -0.39 is 9.84 Å². The fourth-order valence-corrected chi connectivity index (χ4v) is 5.41. The van der Waals surface area contributed by atoms with Crippen LogP contribution in [-0.2, 0) is 21.2 Å². The van der Waals surface area contributed by atoms with Crippen LogP contribution in [0.4, 0.5) is 0 Å². The van der Waals surface area contributed by atoms with Gasteiger partial charge in [-0.25, -0.2) is 13.4 Å². The summed E-state index contributed by atoms with van der Waals surface area (Å²) >= 11 is 1.29. The average Bonchev–Trinajstić information content (AvgIpc) is 3.10. The number of rotatable bonds is 4. The van der Waals surface area contributed by atoms with Crippen molar-refractivity contribution in [2.24, 2.45) is 0 Å². The summed E-state index contributed by atoms with van der Waals surface area (Å²) in [7, 11) is -3.06. The summed E-state index contributed by atoms with van der Waals surface area (Å²) < 4.78 is 25.0. The van der Waals surface area contributed by atoms with Crippen LogP contribution in [0.25, 0.3) is 10.2 Å². The van der Waals surface area contributed by atoms with E-state index in [4.69, 9.17) is 0 Å². The van der Waals surface area contributed by atoms with Gasteiger partial charge < -0.3 is 4.90 Å². The molecule has 0 bridgehead atoms. The van der Waals surface area contributed by atoms with Crippen molar-refractivity contribution in [2.75, 3.05) is 18.1 Å². The molecule has 3 rings (SSSR count). The number of thiophene rings is 1. The number of sulfone groups is 1. The Bertz CT molecular complexity index is 900. The van der Waals surface area contributed by atoms with E-state index in [0.717, 1.165) is 0 Å². The molecule has 1 saturated heterocycles. The van der Waals surface area contributed by atoms with E-state index in [1.54, 1.807) is 16.3 Å². The fourth-order valence-electron chi connectivity index (χ4n) is 2.89. The minimum atomic E-state index is -3.06. The zero-order valence-electron chi connectivity index (χ0n) is 12.6. The van der Waals surface area contributed by atoms with E-state index in [0.29, 0.717) is 23.2 Å². The van der Waals surface area contributed by atoms with Crippen LogP contribution < -0.4 is 5.56 Å². The maximum absolute atomic E-state index is 12.5. The molecular weight excluding hydrogens is 338 g/mol. The summed E-state index contributed by atoms with van der Waals surface area (Å²) in [6.07, 6.45) is 1.83. The molecule has 3 heterocycles. The molecule has 1 unspecified atom stereocenters. The molecule has 0 aromatic carbocycles. The number of carbonyl (C=O) groups is 1. The average molecular weight is 355 g/mol. The van der Waals surface area contributed by atoms with E-state index in [-0.39, 0.29) is 35.6 Å². The van der Waals surface area contributed by atoms with Crippen molar-refractivity contribution in [3.63, 3.8) is 0 Å². The Balaban J connectivity index is 1.81. The van der Waals surface area contributed by atoms with Crippen molar-refractivity contribution in [3.8, 4) is 0 Å². The predicted octanol–water partition coefficient (Wildman–Crippen LogP) is 0.494. The zero-order valence-corrected chi connectivity index (χ0v) is 14.3. The van der Waals surface area contributed by atoms with E-state index in [1.165, 1.54) is 22.2 Å². The highest BCUT2D eigenvalue weighted by Gasteiger charge is 2.33. The number of nitrogens with zero attached hydrogens (tertiary/aromatic N) is 3. The lowest BCUT2D eigenvalue weighted by molar-refractivity contribution is -0.133. The highest BCUT2D eigenvalue weighted by Crippen LogP contribution is 2.18. The van der Waals surface area contributed by atoms with Crippen LogP contribution in [-0.4, -0.2) is 52.9 Å². The molecule has 2 aromatic rings. The molecule has 23 heavy (non-hydrogen) atoms. The summed E-state index contributed by atoms with van der Waals surface area (Å²) in [5.74, 6) is -0.136. The molecule has 0 radical (unpaired) electrons. The van der Waals surface area contributed by atoms with Crippen LogP contribution in [0.15, 0.2) is 22.6 Å². The molecule has 1 amide bonds. The molecule has 124 valence electrons. The highest BCUT2D eigenvalue weighted by atomic mass is 32.2. The minimum Gasteiger partial charge on any atom is -0.337 e. The van der Waals surface area contributed by atoms with Gasteiger partial charge in [0, 0.05) is 12.6 Å². The topological polar surface area (TPSA) is 89.3 Å². The number of amides is 1. The van der Waals surface area contributed by atoms with Gasteiger partial charge in [-0.05, 0) is 24.8 Å². The molecule has 7 nitrogen and oxygen atoms in total. The van der Waals surface area contributed by atoms with Crippen molar-refractivity contribution in [1.29, 1.82) is 0 Å². The summed E-state index contributed by atoms with van der Waals surface area (Å²) in [6.45, 7) is 2.11. The van der Waals surface area contributed by atoms with Gasteiger partial charge in [0.15, 0.2) is 9.84 Å². The second kappa shape index (κ2) is 6.04. The zero-order chi connectivity index (χ0) is 16.6.